The van der Waals surface area contributed by atoms with Gasteiger partial charge in [-0.05, 0) is 24.3 Å². The van der Waals surface area contributed by atoms with Crippen LogP contribution in [0.25, 0.3) is 0 Å². The van der Waals surface area contributed by atoms with Crippen molar-refractivity contribution in [1.82, 2.24) is 0 Å². The number of carbonyl (C=O) groups is 1. The lowest BCUT2D eigenvalue weighted by Gasteiger charge is -2.20. The zero-order valence-corrected chi connectivity index (χ0v) is 12.4. The zero-order chi connectivity index (χ0) is 17.1. The molecule has 1 N–H and O–H groups in total. The molecule has 8 nitrogen and oxygen atoms in total. The number of fused-ring (bicyclic) bond motifs is 1. The number of ether oxygens (including phenoxy) is 3. The Kier molecular flexibility index (Phi) is 4.30. The predicted molar refractivity (Wildman–Crippen MR) is 80.6 cm³/mol. The molecule has 0 saturated carbocycles. The first-order valence-electron chi connectivity index (χ1n) is 7.01. The van der Waals surface area contributed by atoms with Crippen LogP contribution in [0.1, 0.15) is 21.5 Å². The minimum Gasteiger partial charge on any atom is -0.508 e. The molecule has 1 heterocycles. The SMILES string of the molecule is O=C(OCc1cc([N+](=O)[O-])cc2c1OCOC2)c1ccc(O)cc1. The fourth-order valence-corrected chi connectivity index (χ4v) is 2.32. The van der Waals surface area contributed by atoms with Crippen molar-refractivity contribution in [2.24, 2.45) is 0 Å². The Bertz CT molecular complexity index is 786. The average Bonchev–Trinajstić information content (AvgIpc) is 2.59. The number of hydrogen-bond acceptors (Lipinski definition) is 7. The molecule has 0 radical (unpaired) electrons. The van der Waals surface area contributed by atoms with Crippen LogP contribution in [0.5, 0.6) is 11.5 Å². The Morgan fingerprint density at radius 1 is 1.29 bits per heavy atom. The van der Waals surface area contributed by atoms with Crippen molar-refractivity contribution in [2.45, 2.75) is 13.2 Å². The van der Waals surface area contributed by atoms with Crippen LogP contribution < -0.4 is 4.74 Å². The molecule has 0 aromatic heterocycles. The Morgan fingerprint density at radius 3 is 2.75 bits per heavy atom. The van der Waals surface area contributed by atoms with Gasteiger partial charge in [-0.3, -0.25) is 10.1 Å². The van der Waals surface area contributed by atoms with E-state index in [1.165, 1.54) is 36.4 Å². The summed E-state index contributed by atoms with van der Waals surface area (Å²) in [5.41, 5.74) is 1.07. The number of benzene rings is 2. The van der Waals surface area contributed by atoms with Gasteiger partial charge in [-0.2, -0.15) is 0 Å². The zero-order valence-electron chi connectivity index (χ0n) is 12.4. The van der Waals surface area contributed by atoms with E-state index in [0.29, 0.717) is 16.9 Å². The number of non-ortho nitro benzene ring substituents is 1. The van der Waals surface area contributed by atoms with Crippen molar-refractivity contribution in [2.75, 3.05) is 6.79 Å². The third kappa shape index (κ3) is 3.28. The summed E-state index contributed by atoms with van der Waals surface area (Å²) in [5, 5.41) is 20.2. The van der Waals surface area contributed by atoms with Crippen LogP contribution in [0.2, 0.25) is 0 Å². The normalized spacial score (nSPS) is 12.8. The smallest absolute Gasteiger partial charge is 0.338 e. The Hall–Kier alpha value is -3.13. The number of hydrogen-bond donors (Lipinski definition) is 1. The van der Waals surface area contributed by atoms with Crippen LogP contribution in [0.3, 0.4) is 0 Å². The van der Waals surface area contributed by atoms with Crippen LogP contribution >= 0.6 is 0 Å². The number of aromatic hydroxyl groups is 1. The van der Waals surface area contributed by atoms with Gasteiger partial charge in [0.25, 0.3) is 5.69 Å². The molecule has 24 heavy (non-hydrogen) atoms. The van der Waals surface area contributed by atoms with Crippen molar-refractivity contribution < 1.29 is 29.0 Å². The first-order chi connectivity index (χ1) is 11.5. The highest BCUT2D eigenvalue weighted by atomic mass is 16.7. The maximum atomic E-state index is 12.0. The lowest BCUT2D eigenvalue weighted by atomic mass is 10.1. The van der Waals surface area contributed by atoms with Crippen LogP contribution in [-0.4, -0.2) is 22.8 Å². The standard InChI is InChI=1S/C16H13NO7/c18-14-3-1-10(2-4-14)16(19)23-8-12-6-13(17(20)21)5-11-7-22-9-24-15(11)12/h1-6,18H,7-9H2. The molecule has 0 amide bonds. The molecule has 0 atom stereocenters. The van der Waals surface area contributed by atoms with E-state index in [-0.39, 0.29) is 37.0 Å². The fraction of sp³-hybridized carbons (Fsp3) is 0.188. The molecule has 0 fully saturated rings. The third-order valence-electron chi connectivity index (χ3n) is 3.44. The molecule has 2 aromatic rings. The van der Waals surface area contributed by atoms with E-state index < -0.39 is 10.9 Å². The Labute approximate surface area is 136 Å². The van der Waals surface area contributed by atoms with Gasteiger partial charge in [-0.25, -0.2) is 4.79 Å². The van der Waals surface area contributed by atoms with Crippen molar-refractivity contribution in [1.29, 1.82) is 0 Å². The third-order valence-corrected chi connectivity index (χ3v) is 3.44. The van der Waals surface area contributed by atoms with E-state index >= 15 is 0 Å². The Morgan fingerprint density at radius 2 is 2.04 bits per heavy atom. The second kappa shape index (κ2) is 6.55. The van der Waals surface area contributed by atoms with E-state index in [1.54, 1.807) is 0 Å². The molecule has 8 heteroatoms. The van der Waals surface area contributed by atoms with Gasteiger partial charge < -0.3 is 19.3 Å². The van der Waals surface area contributed by atoms with Crippen molar-refractivity contribution in [3.05, 3.63) is 63.2 Å². The molecule has 3 rings (SSSR count). The highest BCUT2D eigenvalue weighted by Crippen LogP contribution is 2.33. The highest BCUT2D eigenvalue weighted by molar-refractivity contribution is 5.89. The molecular formula is C16H13NO7. The first kappa shape index (κ1) is 15.8. The summed E-state index contributed by atoms with van der Waals surface area (Å²) < 4.78 is 15.7. The summed E-state index contributed by atoms with van der Waals surface area (Å²) in [4.78, 5) is 22.5. The molecule has 1 aliphatic heterocycles. The highest BCUT2D eigenvalue weighted by Gasteiger charge is 2.22. The van der Waals surface area contributed by atoms with Gasteiger partial charge >= 0.3 is 5.97 Å². The summed E-state index contributed by atoms with van der Waals surface area (Å²) in [6, 6.07) is 8.27. The predicted octanol–water partition coefficient (Wildman–Crippen LogP) is 2.52. The minimum atomic E-state index is -0.609. The summed E-state index contributed by atoms with van der Waals surface area (Å²) in [6.07, 6.45) is 0. The van der Waals surface area contributed by atoms with Gasteiger partial charge in [0.05, 0.1) is 17.1 Å². The van der Waals surface area contributed by atoms with Gasteiger partial charge in [-0.1, -0.05) is 0 Å². The Balaban J connectivity index is 1.81. The quantitative estimate of drug-likeness (QED) is 0.521. The lowest BCUT2D eigenvalue weighted by molar-refractivity contribution is -0.385. The number of rotatable bonds is 4. The van der Waals surface area contributed by atoms with E-state index in [1.807, 2.05) is 0 Å². The van der Waals surface area contributed by atoms with Gasteiger partial charge in [-0.15, -0.1) is 0 Å². The number of phenols is 1. The maximum absolute atomic E-state index is 12.0. The molecule has 0 saturated heterocycles. The summed E-state index contributed by atoms with van der Waals surface area (Å²) in [5.74, 6) is -0.139. The van der Waals surface area contributed by atoms with E-state index in [2.05, 4.69) is 0 Å². The lowest BCUT2D eigenvalue weighted by Crippen LogP contribution is -2.15. The second-order valence-electron chi connectivity index (χ2n) is 5.08. The number of nitrogens with zero attached hydrogens (tertiary/aromatic N) is 1. The van der Waals surface area contributed by atoms with Crippen LogP contribution in [0, 0.1) is 10.1 Å². The molecule has 0 spiro atoms. The van der Waals surface area contributed by atoms with Gasteiger partial charge in [0.1, 0.15) is 18.1 Å². The number of nitro benzene ring substituents is 1. The van der Waals surface area contributed by atoms with Crippen LogP contribution in [0.15, 0.2) is 36.4 Å². The second-order valence-corrected chi connectivity index (χ2v) is 5.08. The molecule has 1 aliphatic rings. The van der Waals surface area contributed by atoms with Crippen LogP contribution in [0.4, 0.5) is 5.69 Å². The maximum Gasteiger partial charge on any atom is 0.338 e. The molecular weight excluding hydrogens is 318 g/mol. The molecule has 2 aromatic carbocycles. The topological polar surface area (TPSA) is 108 Å². The van der Waals surface area contributed by atoms with Crippen molar-refractivity contribution >= 4 is 11.7 Å². The monoisotopic (exact) mass is 331 g/mol. The largest absolute Gasteiger partial charge is 0.508 e. The minimum absolute atomic E-state index is 0.0315. The number of nitro groups is 1. The van der Waals surface area contributed by atoms with Crippen molar-refractivity contribution in [3.8, 4) is 11.5 Å². The summed E-state index contributed by atoms with van der Waals surface area (Å²) >= 11 is 0. The van der Waals surface area contributed by atoms with E-state index in [0.717, 1.165) is 0 Å². The summed E-state index contributed by atoms with van der Waals surface area (Å²) in [6.45, 7) is 0.0450. The number of esters is 1. The van der Waals surface area contributed by atoms with Gasteiger partial charge in [0.2, 0.25) is 0 Å². The van der Waals surface area contributed by atoms with Crippen molar-refractivity contribution in [3.63, 3.8) is 0 Å². The molecule has 0 aliphatic carbocycles. The average molecular weight is 331 g/mol. The van der Waals surface area contributed by atoms with Gasteiger partial charge in [0.15, 0.2) is 6.79 Å². The first-order valence-corrected chi connectivity index (χ1v) is 7.01. The van der Waals surface area contributed by atoms with Gasteiger partial charge in [0, 0.05) is 23.3 Å². The van der Waals surface area contributed by atoms with Crippen LogP contribution in [-0.2, 0) is 22.7 Å². The summed E-state index contributed by atoms with van der Waals surface area (Å²) in [7, 11) is 0. The van der Waals surface area contributed by atoms with E-state index in [9.17, 15) is 20.0 Å². The molecule has 0 bridgehead atoms. The fourth-order valence-electron chi connectivity index (χ4n) is 2.32. The number of carbonyl (C=O) groups excluding carboxylic acids is 1. The number of phenolic OH excluding ortho intramolecular Hbond substituents is 1. The molecule has 0 unspecified atom stereocenters. The van der Waals surface area contributed by atoms with E-state index in [4.69, 9.17) is 14.2 Å². The molecule has 124 valence electrons.